The van der Waals surface area contributed by atoms with Crippen LogP contribution in [0.4, 0.5) is 5.69 Å². The summed E-state index contributed by atoms with van der Waals surface area (Å²) in [4.78, 5) is 11.4. The van der Waals surface area contributed by atoms with Crippen LogP contribution in [0, 0.1) is 0 Å². The highest BCUT2D eigenvalue weighted by Gasteiger charge is 2.27. The van der Waals surface area contributed by atoms with Gasteiger partial charge >= 0.3 is 0 Å². The van der Waals surface area contributed by atoms with Crippen molar-refractivity contribution in [2.24, 2.45) is 5.73 Å². The van der Waals surface area contributed by atoms with Crippen molar-refractivity contribution in [3.63, 3.8) is 0 Å². The van der Waals surface area contributed by atoms with Crippen molar-refractivity contribution in [3.8, 4) is 5.75 Å². The second-order valence-electron chi connectivity index (χ2n) is 4.35. The number of hydrogen-bond donors (Lipinski definition) is 3. The average Bonchev–Trinajstić information content (AvgIpc) is 2.65. The lowest BCUT2D eigenvalue weighted by molar-refractivity contribution is -0.116. The second kappa shape index (κ2) is 5.84. The Hall–Kier alpha value is -1.59. The number of unbranched alkanes of at least 4 members (excludes halogenated alkanes) is 2. The molecule has 0 radical (unpaired) electrons. The third kappa shape index (κ3) is 2.80. The Morgan fingerprint density at radius 3 is 2.94 bits per heavy atom. The Balaban J connectivity index is 1.89. The van der Waals surface area contributed by atoms with Crippen LogP contribution in [0.1, 0.15) is 30.9 Å². The maximum absolute atomic E-state index is 11.4. The molecule has 1 atom stereocenters. The van der Waals surface area contributed by atoms with Gasteiger partial charge in [0, 0.05) is 23.9 Å². The van der Waals surface area contributed by atoms with Crippen LogP contribution < -0.4 is 15.8 Å². The summed E-state index contributed by atoms with van der Waals surface area (Å²) in [5, 5.41) is 11.4. The Morgan fingerprint density at radius 2 is 2.17 bits per heavy atom. The molecule has 1 heterocycles. The van der Waals surface area contributed by atoms with E-state index in [9.17, 15) is 4.79 Å². The van der Waals surface area contributed by atoms with Gasteiger partial charge in [0.15, 0.2) is 0 Å². The van der Waals surface area contributed by atoms with Crippen molar-refractivity contribution in [2.75, 3.05) is 18.5 Å². The normalized spacial score (nSPS) is 17.4. The van der Waals surface area contributed by atoms with Gasteiger partial charge in [-0.15, -0.1) is 0 Å². The molecule has 1 aromatic rings. The third-order valence-corrected chi connectivity index (χ3v) is 2.97. The van der Waals surface area contributed by atoms with Crippen LogP contribution in [0.2, 0.25) is 0 Å². The lowest BCUT2D eigenvalue weighted by Crippen LogP contribution is -2.19. The molecule has 4 N–H and O–H groups in total. The molecule has 1 aliphatic heterocycles. The minimum Gasteiger partial charge on any atom is -0.494 e. The fourth-order valence-electron chi connectivity index (χ4n) is 1.94. The molecule has 0 aromatic heterocycles. The van der Waals surface area contributed by atoms with E-state index in [1.807, 2.05) is 12.1 Å². The number of aliphatic hydroxyl groups excluding tert-OH is 1. The van der Waals surface area contributed by atoms with E-state index in [2.05, 4.69) is 5.32 Å². The summed E-state index contributed by atoms with van der Waals surface area (Å²) in [6, 6.07) is 4.87. The molecule has 2 rings (SSSR count). The monoisotopic (exact) mass is 250 g/mol. The molecule has 0 saturated heterocycles. The van der Waals surface area contributed by atoms with Crippen molar-refractivity contribution in [1.82, 2.24) is 0 Å². The Labute approximate surface area is 106 Å². The van der Waals surface area contributed by atoms with Crippen molar-refractivity contribution in [1.29, 1.82) is 0 Å². The second-order valence-corrected chi connectivity index (χ2v) is 4.35. The smallest absolute Gasteiger partial charge is 0.245 e. The van der Waals surface area contributed by atoms with Gasteiger partial charge in [0.05, 0.1) is 6.61 Å². The molecule has 1 unspecified atom stereocenters. The number of amides is 1. The first-order valence-corrected chi connectivity index (χ1v) is 6.16. The van der Waals surface area contributed by atoms with Gasteiger partial charge < -0.3 is 20.9 Å². The van der Waals surface area contributed by atoms with Crippen LogP contribution in [0.15, 0.2) is 18.2 Å². The number of fused-ring (bicyclic) bond motifs is 1. The number of ether oxygens (including phenoxy) is 1. The molecular weight excluding hydrogens is 232 g/mol. The number of nitrogens with two attached hydrogens (primary N) is 1. The standard InChI is InChI=1S/C13H18N2O3/c14-12-10-5-4-9(8-11(10)15-13(12)17)18-7-3-1-2-6-16/h4-5,8,12,16H,1-3,6-7,14H2,(H,15,17). The van der Waals surface area contributed by atoms with E-state index in [4.69, 9.17) is 15.6 Å². The van der Waals surface area contributed by atoms with Crippen LogP contribution in [-0.4, -0.2) is 24.2 Å². The van der Waals surface area contributed by atoms with E-state index in [1.54, 1.807) is 6.07 Å². The topological polar surface area (TPSA) is 84.6 Å². The van der Waals surface area contributed by atoms with Gasteiger partial charge in [-0.3, -0.25) is 4.79 Å². The van der Waals surface area contributed by atoms with Crippen molar-refractivity contribution < 1.29 is 14.6 Å². The third-order valence-electron chi connectivity index (χ3n) is 2.97. The number of carbonyl (C=O) groups is 1. The van der Waals surface area contributed by atoms with Crippen LogP contribution in [0.3, 0.4) is 0 Å². The molecular formula is C13H18N2O3. The number of anilines is 1. The molecule has 5 heteroatoms. The van der Waals surface area contributed by atoms with Gasteiger partial charge in [-0.1, -0.05) is 6.07 Å². The summed E-state index contributed by atoms with van der Waals surface area (Å²) in [7, 11) is 0. The van der Waals surface area contributed by atoms with Crippen LogP contribution in [-0.2, 0) is 4.79 Å². The maximum Gasteiger partial charge on any atom is 0.245 e. The molecule has 0 aliphatic carbocycles. The van der Waals surface area contributed by atoms with Crippen LogP contribution in [0.25, 0.3) is 0 Å². The van der Waals surface area contributed by atoms with Gasteiger partial charge in [-0.2, -0.15) is 0 Å². The van der Waals surface area contributed by atoms with E-state index in [1.165, 1.54) is 0 Å². The molecule has 1 amide bonds. The largest absolute Gasteiger partial charge is 0.494 e. The number of rotatable bonds is 6. The Bertz CT molecular complexity index is 434. The summed E-state index contributed by atoms with van der Waals surface area (Å²) in [5.41, 5.74) is 7.27. The van der Waals surface area contributed by atoms with Crippen molar-refractivity contribution >= 4 is 11.6 Å². The fourth-order valence-corrected chi connectivity index (χ4v) is 1.94. The minimum absolute atomic E-state index is 0.176. The summed E-state index contributed by atoms with van der Waals surface area (Å²) in [5.74, 6) is 0.553. The van der Waals surface area contributed by atoms with Gasteiger partial charge in [0.25, 0.3) is 0 Å². The van der Waals surface area contributed by atoms with Crippen LogP contribution >= 0.6 is 0 Å². The van der Waals surface area contributed by atoms with E-state index in [0.29, 0.717) is 6.61 Å². The van der Waals surface area contributed by atoms with Gasteiger partial charge in [0.1, 0.15) is 11.8 Å². The zero-order chi connectivity index (χ0) is 13.0. The molecule has 0 bridgehead atoms. The van der Waals surface area contributed by atoms with Crippen molar-refractivity contribution in [2.45, 2.75) is 25.3 Å². The quantitative estimate of drug-likeness (QED) is 0.662. The van der Waals surface area contributed by atoms with Crippen LogP contribution in [0.5, 0.6) is 5.75 Å². The average molecular weight is 250 g/mol. The van der Waals surface area contributed by atoms with E-state index in [-0.39, 0.29) is 12.5 Å². The predicted molar refractivity (Wildman–Crippen MR) is 68.4 cm³/mol. The summed E-state index contributed by atoms with van der Waals surface area (Å²) < 4.78 is 5.57. The Morgan fingerprint density at radius 1 is 1.33 bits per heavy atom. The van der Waals surface area contributed by atoms with E-state index >= 15 is 0 Å². The first-order chi connectivity index (χ1) is 8.72. The first-order valence-electron chi connectivity index (χ1n) is 6.16. The molecule has 0 spiro atoms. The number of carbonyl (C=O) groups excluding carboxylic acids is 1. The molecule has 1 aromatic carbocycles. The number of benzene rings is 1. The molecule has 1 aliphatic rings. The SMILES string of the molecule is NC1C(=O)Nc2cc(OCCCCCO)ccc21. The van der Waals surface area contributed by atoms with Gasteiger partial charge in [-0.25, -0.2) is 0 Å². The van der Waals surface area contributed by atoms with Crippen molar-refractivity contribution in [3.05, 3.63) is 23.8 Å². The van der Waals surface area contributed by atoms with Gasteiger partial charge in [0.2, 0.25) is 5.91 Å². The van der Waals surface area contributed by atoms with E-state index in [0.717, 1.165) is 36.3 Å². The zero-order valence-electron chi connectivity index (χ0n) is 10.2. The number of nitrogens with one attached hydrogen (secondary N) is 1. The Kier molecular flexibility index (Phi) is 4.17. The predicted octanol–water partition coefficient (Wildman–Crippen LogP) is 1.18. The first kappa shape index (κ1) is 12.9. The zero-order valence-corrected chi connectivity index (χ0v) is 10.2. The highest BCUT2D eigenvalue weighted by Crippen LogP contribution is 2.32. The molecule has 5 nitrogen and oxygen atoms in total. The van der Waals surface area contributed by atoms with E-state index < -0.39 is 6.04 Å². The fraction of sp³-hybridized carbons (Fsp3) is 0.462. The minimum atomic E-state index is -0.571. The number of hydrogen-bond acceptors (Lipinski definition) is 4. The number of aliphatic hydroxyl groups is 1. The molecule has 0 saturated carbocycles. The summed E-state index contributed by atoms with van der Waals surface area (Å²) in [6.45, 7) is 0.835. The lowest BCUT2D eigenvalue weighted by Gasteiger charge is -2.08. The molecule has 0 fully saturated rings. The lowest BCUT2D eigenvalue weighted by atomic mass is 10.1. The highest BCUT2D eigenvalue weighted by molar-refractivity contribution is 6.02. The maximum atomic E-state index is 11.4. The highest BCUT2D eigenvalue weighted by atomic mass is 16.5. The molecule has 18 heavy (non-hydrogen) atoms. The summed E-state index contributed by atoms with van der Waals surface area (Å²) >= 11 is 0. The summed E-state index contributed by atoms with van der Waals surface area (Å²) in [6.07, 6.45) is 2.66. The van der Waals surface area contributed by atoms with Gasteiger partial charge in [-0.05, 0) is 25.3 Å². The molecule has 98 valence electrons.